The fraction of sp³-hybridized carbons (Fsp3) is 0.381. The van der Waals surface area contributed by atoms with Crippen LogP contribution < -0.4 is 15.4 Å². The molecule has 0 aliphatic carbocycles. The number of halogens is 1. The van der Waals surface area contributed by atoms with E-state index >= 15 is 0 Å². The van der Waals surface area contributed by atoms with Gasteiger partial charge in [0, 0.05) is 19.3 Å². The molecule has 32 heavy (non-hydrogen) atoms. The van der Waals surface area contributed by atoms with Gasteiger partial charge in [0.1, 0.15) is 12.3 Å². The molecule has 0 fully saturated rings. The first-order chi connectivity index (χ1) is 15.2. The van der Waals surface area contributed by atoms with Crippen LogP contribution in [0.3, 0.4) is 0 Å². The van der Waals surface area contributed by atoms with Gasteiger partial charge in [-0.3, -0.25) is 14.3 Å². The Balaban J connectivity index is 1.34. The molecule has 3 aromatic rings. The first-order valence-corrected chi connectivity index (χ1v) is 10.4. The Kier molecular flexibility index (Phi) is 7.47. The number of hydrogen-bond acceptors (Lipinski definition) is 7. The van der Waals surface area contributed by atoms with Gasteiger partial charge in [-0.2, -0.15) is 10.1 Å². The van der Waals surface area contributed by atoms with Gasteiger partial charge in [-0.25, -0.2) is 0 Å². The van der Waals surface area contributed by atoms with Gasteiger partial charge in [0.05, 0.1) is 11.2 Å². The zero-order valence-electron chi connectivity index (χ0n) is 18.1. The average Bonchev–Trinajstić information content (AvgIpc) is 3.38. The first kappa shape index (κ1) is 23.3. The number of carbonyl (C=O) groups excluding carboxylic acids is 2. The van der Waals surface area contributed by atoms with Crippen molar-refractivity contribution >= 4 is 23.4 Å². The second kappa shape index (κ2) is 10.3. The maximum atomic E-state index is 12.1. The number of carbonyl (C=O) groups is 2. The van der Waals surface area contributed by atoms with Crippen molar-refractivity contribution in [1.29, 1.82) is 0 Å². The van der Waals surface area contributed by atoms with Crippen molar-refractivity contribution < 1.29 is 18.8 Å². The lowest BCUT2D eigenvalue weighted by Gasteiger charge is -2.19. The van der Waals surface area contributed by atoms with E-state index in [1.165, 1.54) is 16.4 Å². The van der Waals surface area contributed by atoms with E-state index in [-0.39, 0.29) is 49.3 Å². The van der Waals surface area contributed by atoms with Crippen LogP contribution in [0.5, 0.6) is 5.75 Å². The topological polar surface area (TPSA) is 124 Å². The Labute approximate surface area is 190 Å². The number of aromatic nitrogens is 4. The third-order valence-corrected chi connectivity index (χ3v) is 4.59. The summed E-state index contributed by atoms with van der Waals surface area (Å²) in [5.41, 5.74) is 1.24. The molecule has 2 aromatic heterocycles. The van der Waals surface area contributed by atoms with Crippen molar-refractivity contribution in [1.82, 2.24) is 30.6 Å². The summed E-state index contributed by atoms with van der Waals surface area (Å²) in [5.74, 6) is -0.0997. The fourth-order valence-electron chi connectivity index (χ4n) is 2.68. The minimum Gasteiger partial charge on any atom is -0.484 e. The quantitative estimate of drug-likeness (QED) is 0.469. The summed E-state index contributed by atoms with van der Waals surface area (Å²) in [6.45, 7) is 6.91. The zero-order valence-corrected chi connectivity index (χ0v) is 18.8. The van der Waals surface area contributed by atoms with Crippen molar-refractivity contribution in [2.75, 3.05) is 19.7 Å². The predicted octanol–water partition coefficient (Wildman–Crippen LogP) is 2.19. The lowest BCUT2D eigenvalue weighted by molar-refractivity contribution is -0.123. The Hall–Kier alpha value is -3.40. The molecule has 2 N–H and O–H groups in total. The molecule has 0 spiro atoms. The number of ether oxygens (including phenoxy) is 1. The molecule has 170 valence electrons. The van der Waals surface area contributed by atoms with Crippen LogP contribution in [0, 0.1) is 0 Å². The number of amides is 2. The highest BCUT2D eigenvalue weighted by atomic mass is 35.5. The lowest BCUT2D eigenvalue weighted by atomic mass is 9.87. The van der Waals surface area contributed by atoms with E-state index in [2.05, 4.69) is 46.6 Å². The molecule has 1 aromatic carbocycles. The van der Waals surface area contributed by atoms with Gasteiger partial charge in [0.25, 0.3) is 5.91 Å². The van der Waals surface area contributed by atoms with Gasteiger partial charge < -0.3 is 19.9 Å². The summed E-state index contributed by atoms with van der Waals surface area (Å²) >= 11 is 5.80. The highest BCUT2D eigenvalue weighted by molar-refractivity contribution is 6.30. The van der Waals surface area contributed by atoms with Gasteiger partial charge in [-0.1, -0.05) is 49.7 Å². The van der Waals surface area contributed by atoms with E-state index < -0.39 is 5.91 Å². The van der Waals surface area contributed by atoms with E-state index in [4.69, 9.17) is 20.9 Å². The van der Waals surface area contributed by atoms with Crippen LogP contribution in [0.4, 0.5) is 0 Å². The molecule has 10 nitrogen and oxygen atoms in total. The maximum absolute atomic E-state index is 12.1. The summed E-state index contributed by atoms with van der Waals surface area (Å²) in [4.78, 5) is 28.0. The monoisotopic (exact) mass is 460 g/mol. The molecule has 11 heteroatoms. The zero-order chi connectivity index (χ0) is 23.1. The summed E-state index contributed by atoms with van der Waals surface area (Å²) in [6, 6.07) is 7.65. The van der Waals surface area contributed by atoms with E-state index in [9.17, 15) is 9.59 Å². The van der Waals surface area contributed by atoms with Crippen LogP contribution in [0.15, 0.2) is 41.2 Å². The smallest absolute Gasteiger partial charge is 0.316 e. The van der Waals surface area contributed by atoms with Crippen molar-refractivity contribution in [2.24, 2.45) is 0 Å². The van der Waals surface area contributed by atoms with Gasteiger partial charge >= 0.3 is 11.8 Å². The van der Waals surface area contributed by atoms with Crippen LogP contribution >= 0.6 is 11.6 Å². The fourth-order valence-corrected chi connectivity index (χ4v) is 2.84. The van der Waals surface area contributed by atoms with Crippen LogP contribution in [0.25, 0.3) is 0 Å². The van der Waals surface area contributed by atoms with Crippen LogP contribution in [-0.4, -0.2) is 51.4 Å². The second-order valence-corrected chi connectivity index (χ2v) is 8.48. The third kappa shape index (κ3) is 6.81. The minimum atomic E-state index is -0.535. The standard InChI is InChI=1S/C21H25ClN6O4/c1-21(2,3)14-4-6-16(7-5-14)31-13-18(29)23-8-9-24-19(30)20-26-17(27-32-20)12-28-11-15(22)10-25-28/h4-7,10-11H,8-9,12-13H2,1-3H3,(H,23,29)(H,24,30). The van der Waals surface area contributed by atoms with Crippen molar-refractivity contribution in [3.05, 3.63) is 59.0 Å². The Morgan fingerprint density at radius 3 is 2.53 bits per heavy atom. The number of benzene rings is 1. The number of rotatable bonds is 9. The largest absolute Gasteiger partial charge is 0.484 e. The van der Waals surface area contributed by atoms with Crippen molar-refractivity contribution in [3.8, 4) is 5.75 Å². The average molecular weight is 461 g/mol. The molecule has 0 saturated heterocycles. The maximum Gasteiger partial charge on any atom is 0.316 e. The molecule has 0 atom stereocenters. The predicted molar refractivity (Wildman–Crippen MR) is 117 cm³/mol. The van der Waals surface area contributed by atoms with Gasteiger partial charge in [-0.05, 0) is 23.1 Å². The molecular formula is C21H25ClN6O4. The summed E-state index contributed by atoms with van der Waals surface area (Å²) in [6.07, 6.45) is 3.09. The van der Waals surface area contributed by atoms with E-state index in [0.717, 1.165) is 0 Å². The molecule has 2 amide bonds. The van der Waals surface area contributed by atoms with Crippen molar-refractivity contribution in [3.63, 3.8) is 0 Å². The molecule has 0 radical (unpaired) electrons. The van der Waals surface area contributed by atoms with Gasteiger partial charge in [-0.15, -0.1) is 0 Å². The van der Waals surface area contributed by atoms with E-state index in [0.29, 0.717) is 10.8 Å². The molecule has 0 aliphatic heterocycles. The molecule has 0 saturated carbocycles. The SMILES string of the molecule is CC(C)(C)c1ccc(OCC(=O)NCCNC(=O)c2nc(Cn3cc(Cl)cn3)no2)cc1. The molecule has 0 aliphatic rings. The molecular weight excluding hydrogens is 436 g/mol. The van der Waals surface area contributed by atoms with Crippen LogP contribution in [-0.2, 0) is 16.8 Å². The second-order valence-electron chi connectivity index (χ2n) is 8.04. The Bertz CT molecular complexity index is 1050. The number of nitrogens with zero attached hydrogens (tertiary/aromatic N) is 4. The van der Waals surface area contributed by atoms with Crippen LogP contribution in [0.1, 0.15) is 42.8 Å². The third-order valence-electron chi connectivity index (χ3n) is 4.39. The highest BCUT2D eigenvalue weighted by Gasteiger charge is 2.16. The molecule has 0 unspecified atom stereocenters. The van der Waals surface area contributed by atoms with Gasteiger partial charge in [0.15, 0.2) is 12.4 Å². The number of hydrogen-bond donors (Lipinski definition) is 2. The normalized spacial score (nSPS) is 11.2. The summed E-state index contributed by atoms with van der Waals surface area (Å²) in [5, 5.41) is 13.5. The molecule has 2 heterocycles. The minimum absolute atomic E-state index is 0.0528. The van der Waals surface area contributed by atoms with Crippen molar-refractivity contribution in [2.45, 2.75) is 32.7 Å². The Morgan fingerprint density at radius 1 is 1.16 bits per heavy atom. The lowest BCUT2D eigenvalue weighted by Crippen LogP contribution is -2.36. The molecule has 3 rings (SSSR count). The van der Waals surface area contributed by atoms with E-state index in [1.807, 2.05) is 24.3 Å². The van der Waals surface area contributed by atoms with Gasteiger partial charge in [0.2, 0.25) is 0 Å². The number of nitrogens with one attached hydrogen (secondary N) is 2. The van der Waals surface area contributed by atoms with Crippen LogP contribution in [0.2, 0.25) is 5.02 Å². The van der Waals surface area contributed by atoms with E-state index in [1.54, 1.807) is 6.20 Å². The Morgan fingerprint density at radius 2 is 1.88 bits per heavy atom. The first-order valence-electron chi connectivity index (χ1n) is 9.99. The summed E-state index contributed by atoms with van der Waals surface area (Å²) in [7, 11) is 0. The summed E-state index contributed by atoms with van der Waals surface area (Å²) < 4.78 is 12.0. The molecule has 0 bridgehead atoms. The highest BCUT2D eigenvalue weighted by Crippen LogP contribution is 2.24.